The summed E-state index contributed by atoms with van der Waals surface area (Å²) in [7, 11) is -3.21. The van der Waals surface area contributed by atoms with E-state index in [9.17, 15) is 8.42 Å². The summed E-state index contributed by atoms with van der Waals surface area (Å²) in [5.74, 6) is 0. The van der Waals surface area contributed by atoms with E-state index in [0.717, 1.165) is 54.5 Å². The van der Waals surface area contributed by atoms with E-state index in [1.807, 2.05) is 13.0 Å². The maximum absolute atomic E-state index is 13.1. The normalized spacial score (nSPS) is 15.2. The molecule has 1 aromatic heterocycles. The highest BCUT2D eigenvalue weighted by atomic mass is 32.2. The number of rotatable bonds is 6. The molecule has 0 unspecified atom stereocenters. The van der Waals surface area contributed by atoms with Crippen LogP contribution in [-0.4, -0.2) is 13.7 Å². The number of hydrogen-bond acceptors (Lipinski definition) is 3. The Kier molecular flexibility index (Phi) is 6.49. The van der Waals surface area contributed by atoms with Crippen molar-refractivity contribution in [3.05, 3.63) is 83.4 Å². The molecule has 2 nitrogen and oxygen atoms in total. The van der Waals surface area contributed by atoms with Crippen LogP contribution in [0.4, 0.5) is 0 Å². The zero-order chi connectivity index (χ0) is 22.0. The van der Waals surface area contributed by atoms with E-state index in [0.29, 0.717) is 4.21 Å². The first kappa shape index (κ1) is 22.0. The smallest absolute Gasteiger partial charge is 0.190 e. The number of allylic oxidation sites excluding steroid dienone is 1. The van der Waals surface area contributed by atoms with Crippen molar-refractivity contribution in [1.29, 1.82) is 0 Å². The maximum Gasteiger partial charge on any atom is 0.190 e. The molecule has 1 fully saturated rings. The zero-order valence-electron chi connectivity index (χ0n) is 18.4. The molecule has 1 heterocycles. The summed E-state index contributed by atoms with van der Waals surface area (Å²) < 4.78 is 26.6. The SMILES string of the molecule is C=C(C)c1cc(Cc2cccc(-c3ccc(S(=O)(=O)C4CCCCC4)s3)c2)ccc1C. The topological polar surface area (TPSA) is 34.1 Å². The third kappa shape index (κ3) is 4.86. The standard InChI is InChI=1S/C27H30O2S2/c1-19(2)25-18-22(13-12-20(25)3)16-21-8-7-9-23(17-21)26-14-15-27(30-26)31(28,29)24-10-5-4-6-11-24/h7-9,12-15,17-18,24H,1,4-6,10-11,16H2,2-3H3. The average molecular weight is 451 g/mol. The minimum atomic E-state index is -3.21. The lowest BCUT2D eigenvalue weighted by molar-refractivity contribution is 0.484. The van der Waals surface area contributed by atoms with Crippen molar-refractivity contribution in [2.24, 2.45) is 0 Å². The predicted octanol–water partition coefficient (Wildman–Crippen LogP) is 7.45. The summed E-state index contributed by atoms with van der Waals surface area (Å²) in [5, 5.41) is -0.205. The van der Waals surface area contributed by atoms with Crippen LogP contribution >= 0.6 is 11.3 Å². The van der Waals surface area contributed by atoms with Crippen molar-refractivity contribution in [2.45, 2.75) is 61.8 Å². The Bertz CT molecular complexity index is 1200. The highest BCUT2D eigenvalue weighted by molar-refractivity contribution is 7.94. The fourth-order valence-corrected chi connectivity index (χ4v) is 7.89. The first-order chi connectivity index (χ1) is 14.8. The fraction of sp³-hybridized carbons (Fsp3) is 0.333. The van der Waals surface area contributed by atoms with Gasteiger partial charge in [-0.15, -0.1) is 11.3 Å². The fourth-order valence-electron chi connectivity index (χ4n) is 4.48. The van der Waals surface area contributed by atoms with Gasteiger partial charge in [0.05, 0.1) is 5.25 Å². The number of thiophene rings is 1. The summed E-state index contributed by atoms with van der Waals surface area (Å²) in [5.41, 5.74) is 7.10. The van der Waals surface area contributed by atoms with Gasteiger partial charge < -0.3 is 0 Å². The molecule has 0 atom stereocenters. The van der Waals surface area contributed by atoms with E-state index in [4.69, 9.17) is 0 Å². The first-order valence-corrected chi connectivity index (χ1v) is 13.4. The molecule has 3 aromatic rings. The van der Waals surface area contributed by atoms with Crippen LogP contribution in [0, 0.1) is 6.92 Å². The van der Waals surface area contributed by atoms with Gasteiger partial charge in [-0.05, 0) is 73.1 Å². The van der Waals surface area contributed by atoms with Crippen molar-refractivity contribution >= 4 is 26.7 Å². The van der Waals surface area contributed by atoms with Gasteiger partial charge in [-0.2, -0.15) is 0 Å². The molecule has 1 saturated carbocycles. The lowest BCUT2D eigenvalue weighted by Crippen LogP contribution is -2.23. The van der Waals surface area contributed by atoms with Crippen LogP contribution in [-0.2, 0) is 16.3 Å². The third-order valence-corrected chi connectivity index (χ3v) is 10.2. The molecule has 4 rings (SSSR count). The molecule has 2 aromatic carbocycles. The maximum atomic E-state index is 13.1. The second-order valence-corrected chi connectivity index (χ2v) is 12.3. The second-order valence-electron chi connectivity index (χ2n) is 8.73. The quantitative estimate of drug-likeness (QED) is 0.391. The van der Waals surface area contributed by atoms with Crippen molar-refractivity contribution < 1.29 is 8.42 Å². The van der Waals surface area contributed by atoms with Crippen LogP contribution in [0.3, 0.4) is 0 Å². The Hall–Kier alpha value is -2.17. The Morgan fingerprint density at radius 3 is 2.48 bits per heavy atom. The van der Waals surface area contributed by atoms with Crippen LogP contribution < -0.4 is 0 Å². The van der Waals surface area contributed by atoms with Gasteiger partial charge in [-0.1, -0.05) is 73.9 Å². The van der Waals surface area contributed by atoms with Crippen molar-refractivity contribution in [3.8, 4) is 10.4 Å². The van der Waals surface area contributed by atoms with Crippen molar-refractivity contribution in [3.63, 3.8) is 0 Å². The minimum Gasteiger partial charge on any atom is -0.223 e. The summed E-state index contributed by atoms with van der Waals surface area (Å²) >= 11 is 1.41. The van der Waals surface area contributed by atoms with E-state index in [2.05, 4.69) is 56.0 Å². The molecule has 0 amide bonds. The van der Waals surface area contributed by atoms with E-state index in [1.54, 1.807) is 6.07 Å². The van der Waals surface area contributed by atoms with Gasteiger partial charge in [0, 0.05) is 4.88 Å². The molecule has 1 aliphatic carbocycles. The third-order valence-electron chi connectivity index (χ3n) is 6.23. The molecule has 162 valence electrons. The van der Waals surface area contributed by atoms with E-state index in [1.165, 1.54) is 33.6 Å². The predicted molar refractivity (Wildman–Crippen MR) is 133 cm³/mol. The zero-order valence-corrected chi connectivity index (χ0v) is 20.0. The van der Waals surface area contributed by atoms with Crippen LogP contribution in [0.2, 0.25) is 0 Å². The van der Waals surface area contributed by atoms with Crippen LogP contribution in [0.5, 0.6) is 0 Å². The highest BCUT2D eigenvalue weighted by Crippen LogP contribution is 2.36. The first-order valence-electron chi connectivity index (χ1n) is 11.0. The van der Waals surface area contributed by atoms with Crippen molar-refractivity contribution in [2.75, 3.05) is 0 Å². The highest BCUT2D eigenvalue weighted by Gasteiger charge is 2.30. The molecule has 31 heavy (non-hydrogen) atoms. The van der Waals surface area contributed by atoms with Gasteiger partial charge >= 0.3 is 0 Å². The molecule has 0 aliphatic heterocycles. The largest absolute Gasteiger partial charge is 0.223 e. The second kappa shape index (κ2) is 9.13. The molecule has 0 N–H and O–H groups in total. The lowest BCUT2D eigenvalue weighted by atomic mass is 9.96. The summed E-state index contributed by atoms with van der Waals surface area (Å²) in [6, 6.07) is 18.8. The molecule has 0 bridgehead atoms. The van der Waals surface area contributed by atoms with E-state index in [-0.39, 0.29) is 5.25 Å². The monoisotopic (exact) mass is 450 g/mol. The lowest BCUT2D eigenvalue weighted by Gasteiger charge is -2.20. The molecule has 0 spiro atoms. The number of benzene rings is 2. The summed E-state index contributed by atoms with van der Waals surface area (Å²) in [6.07, 6.45) is 5.64. The molecular weight excluding hydrogens is 420 g/mol. The van der Waals surface area contributed by atoms with Crippen molar-refractivity contribution in [1.82, 2.24) is 0 Å². The number of sulfone groups is 1. The number of aryl methyl sites for hydroxylation is 1. The molecule has 0 radical (unpaired) electrons. The number of hydrogen-bond donors (Lipinski definition) is 0. The van der Waals surface area contributed by atoms with Gasteiger partial charge in [0.1, 0.15) is 4.21 Å². The summed E-state index contributed by atoms with van der Waals surface area (Å²) in [4.78, 5) is 1.02. The van der Waals surface area contributed by atoms with Gasteiger partial charge in [0.15, 0.2) is 9.84 Å². The Morgan fingerprint density at radius 1 is 1.00 bits per heavy atom. The molecule has 4 heteroatoms. The van der Waals surface area contributed by atoms with E-state index < -0.39 is 9.84 Å². The molecular formula is C27H30O2S2. The minimum absolute atomic E-state index is 0.205. The molecule has 1 aliphatic rings. The van der Waals surface area contributed by atoms with Gasteiger partial charge in [0.25, 0.3) is 0 Å². The van der Waals surface area contributed by atoms with Crippen LogP contribution in [0.25, 0.3) is 16.0 Å². The average Bonchev–Trinajstić information content (AvgIpc) is 3.27. The molecule has 0 saturated heterocycles. The van der Waals surface area contributed by atoms with Gasteiger partial charge in [-0.25, -0.2) is 8.42 Å². The van der Waals surface area contributed by atoms with Gasteiger partial charge in [-0.3, -0.25) is 0 Å². The van der Waals surface area contributed by atoms with Crippen LogP contribution in [0.1, 0.15) is 61.3 Å². The van der Waals surface area contributed by atoms with E-state index >= 15 is 0 Å². The Labute approximate surface area is 190 Å². The Balaban J connectivity index is 1.57. The Morgan fingerprint density at radius 2 is 1.74 bits per heavy atom. The summed E-state index contributed by atoms with van der Waals surface area (Å²) in [6.45, 7) is 8.26. The van der Waals surface area contributed by atoms with Crippen LogP contribution in [0.15, 0.2) is 65.4 Å². The van der Waals surface area contributed by atoms with Gasteiger partial charge in [0.2, 0.25) is 0 Å².